The first kappa shape index (κ1) is 9.18. The van der Waals surface area contributed by atoms with E-state index in [9.17, 15) is 4.79 Å². The number of carbonyl (C=O) groups is 1. The van der Waals surface area contributed by atoms with Crippen molar-refractivity contribution in [2.75, 3.05) is 7.11 Å². The summed E-state index contributed by atoms with van der Waals surface area (Å²) in [5.41, 5.74) is 0. The lowest BCUT2D eigenvalue weighted by atomic mass is 9.99. The maximum absolute atomic E-state index is 11.3. The van der Waals surface area contributed by atoms with Gasteiger partial charge in [0.2, 0.25) is 0 Å². The number of rotatable bonds is 1. The van der Waals surface area contributed by atoms with Crippen LogP contribution in [0.2, 0.25) is 0 Å². The van der Waals surface area contributed by atoms with Crippen LogP contribution in [0.4, 0.5) is 0 Å². The van der Waals surface area contributed by atoms with Gasteiger partial charge in [0.15, 0.2) is 0 Å². The summed E-state index contributed by atoms with van der Waals surface area (Å²) in [6.45, 7) is 2.55. The predicted molar refractivity (Wildman–Crippen MR) is 48.6 cm³/mol. The second-order valence-electron chi connectivity index (χ2n) is 3.53. The topological polar surface area (TPSA) is 57.0 Å². The number of nitrogens with zero attached hydrogens (tertiary/aromatic N) is 3. The van der Waals surface area contributed by atoms with E-state index in [0.717, 1.165) is 24.5 Å². The fourth-order valence-electron chi connectivity index (χ4n) is 1.82. The summed E-state index contributed by atoms with van der Waals surface area (Å²) in [5, 5.41) is 8.02. The number of hydrogen-bond donors (Lipinski definition) is 0. The van der Waals surface area contributed by atoms with Gasteiger partial charge in [0.05, 0.1) is 13.0 Å². The summed E-state index contributed by atoms with van der Waals surface area (Å²) < 4.78 is 6.72. The van der Waals surface area contributed by atoms with Crippen molar-refractivity contribution in [2.45, 2.75) is 26.3 Å². The average Bonchev–Trinajstić information content (AvgIpc) is 2.59. The van der Waals surface area contributed by atoms with Gasteiger partial charge < -0.3 is 9.30 Å². The van der Waals surface area contributed by atoms with Gasteiger partial charge >= 0.3 is 5.97 Å². The molecule has 0 spiro atoms. The van der Waals surface area contributed by atoms with E-state index < -0.39 is 0 Å². The normalized spacial score (nSPS) is 20.3. The summed E-state index contributed by atoms with van der Waals surface area (Å²) >= 11 is 0. The maximum Gasteiger partial charge on any atom is 0.310 e. The van der Waals surface area contributed by atoms with E-state index in [-0.39, 0.29) is 11.9 Å². The minimum Gasteiger partial charge on any atom is -0.469 e. The molecule has 76 valence electrons. The molecule has 0 radical (unpaired) electrons. The third-order valence-corrected chi connectivity index (χ3v) is 2.67. The van der Waals surface area contributed by atoms with Gasteiger partial charge in [0, 0.05) is 13.0 Å². The fraction of sp³-hybridized carbons (Fsp3) is 0.667. The maximum atomic E-state index is 11.3. The molecule has 1 atom stereocenters. The van der Waals surface area contributed by atoms with Gasteiger partial charge in [-0.25, -0.2) is 0 Å². The molecule has 0 bridgehead atoms. The second kappa shape index (κ2) is 3.40. The Bertz CT molecular complexity index is 359. The zero-order chi connectivity index (χ0) is 10.1. The lowest BCUT2D eigenvalue weighted by molar-refractivity contribution is -0.146. The van der Waals surface area contributed by atoms with Crippen LogP contribution in [0.15, 0.2) is 0 Å². The lowest BCUT2D eigenvalue weighted by Gasteiger charge is -2.21. The summed E-state index contributed by atoms with van der Waals surface area (Å²) in [6.07, 6.45) is 1.62. The standard InChI is InChI=1S/C9H13N3O2/c1-6-10-11-8-4-3-7(5-12(6)8)9(13)14-2/h7H,3-5H2,1-2H3/t7-/m0/s1. The van der Waals surface area contributed by atoms with Crippen molar-refractivity contribution in [1.82, 2.24) is 14.8 Å². The molecule has 14 heavy (non-hydrogen) atoms. The number of esters is 1. The molecule has 0 saturated heterocycles. The molecule has 0 unspecified atom stereocenters. The van der Waals surface area contributed by atoms with E-state index in [1.807, 2.05) is 11.5 Å². The summed E-state index contributed by atoms with van der Waals surface area (Å²) in [4.78, 5) is 11.3. The second-order valence-corrected chi connectivity index (χ2v) is 3.53. The molecule has 0 N–H and O–H groups in total. The molecular formula is C9H13N3O2. The van der Waals surface area contributed by atoms with Crippen LogP contribution >= 0.6 is 0 Å². The van der Waals surface area contributed by atoms with E-state index in [1.54, 1.807) is 0 Å². The lowest BCUT2D eigenvalue weighted by Crippen LogP contribution is -2.28. The van der Waals surface area contributed by atoms with Crippen molar-refractivity contribution in [3.8, 4) is 0 Å². The van der Waals surface area contributed by atoms with Crippen LogP contribution in [0.1, 0.15) is 18.1 Å². The number of methoxy groups -OCH3 is 1. The third-order valence-electron chi connectivity index (χ3n) is 2.67. The predicted octanol–water partition coefficient (Wildman–Crippen LogP) is 0.322. The van der Waals surface area contributed by atoms with Gasteiger partial charge in [0.1, 0.15) is 11.6 Å². The molecule has 2 heterocycles. The van der Waals surface area contributed by atoms with Crippen molar-refractivity contribution in [3.05, 3.63) is 11.6 Å². The van der Waals surface area contributed by atoms with Crippen LogP contribution in [0.3, 0.4) is 0 Å². The third kappa shape index (κ3) is 1.38. The average molecular weight is 195 g/mol. The number of aromatic nitrogens is 3. The molecule has 2 rings (SSSR count). The van der Waals surface area contributed by atoms with Gasteiger partial charge in [-0.15, -0.1) is 10.2 Å². The van der Waals surface area contributed by atoms with Crippen molar-refractivity contribution < 1.29 is 9.53 Å². The Morgan fingerprint density at radius 1 is 1.57 bits per heavy atom. The van der Waals surface area contributed by atoms with Crippen molar-refractivity contribution in [1.29, 1.82) is 0 Å². The Labute approximate surface area is 82.1 Å². The Hall–Kier alpha value is -1.39. The van der Waals surface area contributed by atoms with E-state index >= 15 is 0 Å². The van der Waals surface area contributed by atoms with Gasteiger partial charge in [-0.2, -0.15) is 0 Å². The van der Waals surface area contributed by atoms with Crippen LogP contribution in [0.25, 0.3) is 0 Å². The van der Waals surface area contributed by atoms with Crippen LogP contribution in [0.5, 0.6) is 0 Å². The molecule has 5 heteroatoms. The number of fused-ring (bicyclic) bond motifs is 1. The largest absolute Gasteiger partial charge is 0.469 e. The summed E-state index contributed by atoms with van der Waals surface area (Å²) in [5.74, 6) is 1.67. The van der Waals surface area contributed by atoms with Gasteiger partial charge in [-0.3, -0.25) is 4.79 Å². The fourth-order valence-corrected chi connectivity index (χ4v) is 1.82. The highest BCUT2D eigenvalue weighted by atomic mass is 16.5. The minimum atomic E-state index is -0.135. The molecule has 1 aliphatic rings. The molecule has 0 saturated carbocycles. The van der Waals surface area contributed by atoms with Crippen LogP contribution < -0.4 is 0 Å². The first-order valence-electron chi connectivity index (χ1n) is 4.69. The Kier molecular flexibility index (Phi) is 2.23. The highest BCUT2D eigenvalue weighted by molar-refractivity contribution is 5.72. The highest BCUT2D eigenvalue weighted by Gasteiger charge is 2.27. The highest BCUT2D eigenvalue weighted by Crippen LogP contribution is 2.20. The molecular weight excluding hydrogens is 182 g/mol. The van der Waals surface area contributed by atoms with Crippen molar-refractivity contribution in [2.24, 2.45) is 5.92 Å². The van der Waals surface area contributed by atoms with Crippen molar-refractivity contribution in [3.63, 3.8) is 0 Å². The minimum absolute atomic E-state index is 0.0396. The molecule has 1 aliphatic heterocycles. The smallest absolute Gasteiger partial charge is 0.310 e. The monoisotopic (exact) mass is 195 g/mol. The van der Waals surface area contributed by atoms with Gasteiger partial charge in [0.25, 0.3) is 0 Å². The van der Waals surface area contributed by atoms with Crippen LogP contribution in [0, 0.1) is 12.8 Å². The Balaban J connectivity index is 2.20. The van der Waals surface area contributed by atoms with E-state index in [1.165, 1.54) is 7.11 Å². The number of aryl methyl sites for hydroxylation is 2. The molecule has 1 aromatic heterocycles. The Morgan fingerprint density at radius 3 is 3.07 bits per heavy atom. The first-order chi connectivity index (χ1) is 6.72. The number of hydrogen-bond acceptors (Lipinski definition) is 4. The number of ether oxygens (including phenoxy) is 1. The Morgan fingerprint density at radius 2 is 2.36 bits per heavy atom. The molecule has 5 nitrogen and oxygen atoms in total. The first-order valence-corrected chi connectivity index (χ1v) is 4.69. The molecule has 0 amide bonds. The molecule has 1 aromatic rings. The quantitative estimate of drug-likeness (QED) is 0.606. The van der Waals surface area contributed by atoms with E-state index in [4.69, 9.17) is 4.74 Å². The van der Waals surface area contributed by atoms with E-state index in [0.29, 0.717) is 6.54 Å². The van der Waals surface area contributed by atoms with E-state index in [2.05, 4.69) is 10.2 Å². The van der Waals surface area contributed by atoms with Crippen molar-refractivity contribution >= 4 is 5.97 Å². The zero-order valence-corrected chi connectivity index (χ0v) is 8.36. The SMILES string of the molecule is COC(=O)[C@H]1CCc2nnc(C)n2C1. The zero-order valence-electron chi connectivity index (χ0n) is 8.36. The number of carbonyl (C=O) groups excluding carboxylic acids is 1. The molecule has 0 aliphatic carbocycles. The molecule has 0 aromatic carbocycles. The van der Waals surface area contributed by atoms with Gasteiger partial charge in [-0.05, 0) is 13.3 Å². The summed E-state index contributed by atoms with van der Waals surface area (Å²) in [6, 6.07) is 0. The van der Waals surface area contributed by atoms with Gasteiger partial charge in [-0.1, -0.05) is 0 Å². The van der Waals surface area contributed by atoms with Crippen LogP contribution in [-0.2, 0) is 22.5 Å². The van der Waals surface area contributed by atoms with Crippen LogP contribution in [-0.4, -0.2) is 27.8 Å². The molecule has 0 fully saturated rings. The summed E-state index contributed by atoms with van der Waals surface area (Å²) in [7, 11) is 1.43.